The number of ether oxygens (including phenoxy) is 3. The van der Waals surface area contributed by atoms with E-state index in [-0.39, 0.29) is 11.5 Å². The van der Waals surface area contributed by atoms with Crippen molar-refractivity contribution in [2.45, 2.75) is 19.6 Å². The molecule has 0 bridgehead atoms. The van der Waals surface area contributed by atoms with Crippen LogP contribution in [0.25, 0.3) is 6.08 Å². The molecular formula is C15H16O6. The summed E-state index contributed by atoms with van der Waals surface area (Å²) < 4.78 is 15.2. The summed E-state index contributed by atoms with van der Waals surface area (Å²) in [6, 6.07) is 6.16. The van der Waals surface area contributed by atoms with Crippen molar-refractivity contribution in [2.75, 3.05) is 7.11 Å². The minimum Gasteiger partial charge on any atom is -0.508 e. The van der Waals surface area contributed by atoms with E-state index in [0.717, 1.165) is 0 Å². The lowest BCUT2D eigenvalue weighted by Gasteiger charge is -2.26. The van der Waals surface area contributed by atoms with E-state index in [4.69, 9.17) is 9.47 Å². The van der Waals surface area contributed by atoms with Gasteiger partial charge in [-0.3, -0.25) is 0 Å². The van der Waals surface area contributed by atoms with Crippen molar-refractivity contribution in [2.24, 2.45) is 5.92 Å². The Morgan fingerprint density at radius 1 is 1.29 bits per heavy atom. The Morgan fingerprint density at radius 2 is 1.90 bits per heavy atom. The molecule has 0 amide bonds. The number of phenolic OH excluding ortho intramolecular Hbond substituents is 1. The lowest BCUT2D eigenvalue weighted by molar-refractivity contribution is -0.215. The standard InChI is InChI=1S/C15H16O6/c1-9(2)15(14(18)19-3)20-12(13(17)21-15)8-10-4-6-11(16)7-5-10/h4-9,16H,1-3H3. The lowest BCUT2D eigenvalue weighted by Crippen LogP contribution is -2.46. The molecule has 2 rings (SSSR count). The number of esters is 2. The van der Waals surface area contributed by atoms with E-state index in [1.54, 1.807) is 26.0 Å². The van der Waals surface area contributed by atoms with Crippen LogP contribution in [-0.2, 0) is 23.8 Å². The number of hydrogen-bond donors (Lipinski definition) is 1. The van der Waals surface area contributed by atoms with Crippen LogP contribution in [0.2, 0.25) is 0 Å². The van der Waals surface area contributed by atoms with Crippen LogP contribution >= 0.6 is 0 Å². The van der Waals surface area contributed by atoms with Crippen LogP contribution < -0.4 is 0 Å². The van der Waals surface area contributed by atoms with Gasteiger partial charge in [-0.2, -0.15) is 0 Å². The molecule has 0 spiro atoms. The summed E-state index contributed by atoms with van der Waals surface area (Å²) in [6.07, 6.45) is 1.44. The zero-order chi connectivity index (χ0) is 15.6. The van der Waals surface area contributed by atoms with E-state index < -0.39 is 23.6 Å². The van der Waals surface area contributed by atoms with Crippen LogP contribution in [0.5, 0.6) is 5.75 Å². The molecule has 1 aromatic carbocycles. The number of carbonyl (C=O) groups is 2. The van der Waals surface area contributed by atoms with E-state index in [1.807, 2.05) is 0 Å². The minimum absolute atomic E-state index is 0.0835. The van der Waals surface area contributed by atoms with Crippen molar-refractivity contribution < 1.29 is 28.9 Å². The van der Waals surface area contributed by atoms with Crippen molar-refractivity contribution in [3.05, 3.63) is 35.6 Å². The van der Waals surface area contributed by atoms with Gasteiger partial charge in [0, 0.05) is 5.92 Å². The van der Waals surface area contributed by atoms with Crippen LogP contribution in [0, 0.1) is 5.92 Å². The Labute approximate surface area is 121 Å². The van der Waals surface area contributed by atoms with E-state index in [2.05, 4.69) is 4.74 Å². The van der Waals surface area contributed by atoms with Crippen LogP contribution in [0.15, 0.2) is 30.0 Å². The normalized spacial score (nSPS) is 23.0. The van der Waals surface area contributed by atoms with Gasteiger partial charge in [-0.1, -0.05) is 26.0 Å². The number of hydrogen-bond acceptors (Lipinski definition) is 6. The van der Waals surface area contributed by atoms with Crippen molar-refractivity contribution >= 4 is 18.0 Å². The number of rotatable bonds is 3. The highest BCUT2D eigenvalue weighted by Gasteiger charge is 2.56. The van der Waals surface area contributed by atoms with Gasteiger partial charge >= 0.3 is 17.7 Å². The zero-order valence-electron chi connectivity index (χ0n) is 12.0. The lowest BCUT2D eigenvalue weighted by atomic mass is 10.0. The second kappa shape index (κ2) is 5.47. The quantitative estimate of drug-likeness (QED) is 0.676. The van der Waals surface area contributed by atoms with Crippen molar-refractivity contribution in [1.29, 1.82) is 0 Å². The van der Waals surface area contributed by atoms with Gasteiger partial charge in [0.1, 0.15) is 5.75 Å². The van der Waals surface area contributed by atoms with Gasteiger partial charge in [0.15, 0.2) is 0 Å². The molecule has 1 fully saturated rings. The highest BCUT2D eigenvalue weighted by Crippen LogP contribution is 2.36. The molecule has 1 saturated heterocycles. The van der Waals surface area contributed by atoms with Gasteiger partial charge < -0.3 is 19.3 Å². The molecule has 6 heteroatoms. The molecule has 1 aromatic rings. The molecule has 1 N–H and O–H groups in total. The predicted octanol–water partition coefficient (Wildman–Crippen LogP) is 1.83. The fraction of sp³-hybridized carbons (Fsp3) is 0.333. The maximum Gasteiger partial charge on any atom is 0.392 e. The Morgan fingerprint density at radius 3 is 2.43 bits per heavy atom. The molecular weight excluding hydrogens is 276 g/mol. The molecule has 1 unspecified atom stereocenters. The van der Waals surface area contributed by atoms with E-state index in [1.165, 1.54) is 25.3 Å². The Kier molecular flexibility index (Phi) is 3.88. The molecule has 0 saturated carbocycles. The molecule has 112 valence electrons. The summed E-state index contributed by atoms with van der Waals surface area (Å²) in [7, 11) is 1.20. The first-order chi connectivity index (χ1) is 9.89. The third-order valence-electron chi connectivity index (χ3n) is 3.13. The SMILES string of the molecule is COC(=O)C1(C(C)C)OC(=O)C(=Cc2ccc(O)cc2)O1. The molecule has 1 aliphatic rings. The molecule has 1 aliphatic heterocycles. The summed E-state index contributed by atoms with van der Waals surface area (Å²) in [6.45, 7) is 3.38. The van der Waals surface area contributed by atoms with E-state index >= 15 is 0 Å². The number of aromatic hydroxyl groups is 1. The number of phenols is 1. The maximum absolute atomic E-state index is 11.9. The van der Waals surface area contributed by atoms with E-state index in [0.29, 0.717) is 5.56 Å². The maximum atomic E-state index is 11.9. The average Bonchev–Trinajstić information content (AvgIpc) is 2.79. The summed E-state index contributed by atoms with van der Waals surface area (Å²) >= 11 is 0. The zero-order valence-corrected chi connectivity index (χ0v) is 12.0. The van der Waals surface area contributed by atoms with Crippen molar-refractivity contribution in [3.63, 3.8) is 0 Å². The monoisotopic (exact) mass is 292 g/mol. The van der Waals surface area contributed by atoms with Crippen LogP contribution in [-0.4, -0.2) is 29.9 Å². The topological polar surface area (TPSA) is 82.1 Å². The first kappa shape index (κ1) is 14.9. The summed E-state index contributed by atoms with van der Waals surface area (Å²) in [5.74, 6) is -3.64. The van der Waals surface area contributed by atoms with Crippen molar-refractivity contribution in [1.82, 2.24) is 0 Å². The molecule has 21 heavy (non-hydrogen) atoms. The second-order valence-electron chi connectivity index (χ2n) is 4.91. The third kappa shape index (κ3) is 2.69. The largest absolute Gasteiger partial charge is 0.508 e. The number of carbonyl (C=O) groups excluding carboxylic acids is 2. The van der Waals surface area contributed by atoms with E-state index in [9.17, 15) is 14.7 Å². The predicted molar refractivity (Wildman–Crippen MR) is 72.8 cm³/mol. The molecule has 1 atom stereocenters. The highest BCUT2D eigenvalue weighted by atomic mass is 16.8. The number of methoxy groups -OCH3 is 1. The number of benzene rings is 1. The Hall–Kier alpha value is -2.50. The first-order valence-corrected chi connectivity index (χ1v) is 6.40. The Balaban J connectivity index is 2.33. The van der Waals surface area contributed by atoms with Crippen LogP contribution in [0.4, 0.5) is 0 Å². The molecule has 0 aliphatic carbocycles. The molecule has 0 aromatic heterocycles. The van der Waals surface area contributed by atoms with Gasteiger partial charge in [0.25, 0.3) is 0 Å². The highest BCUT2D eigenvalue weighted by molar-refractivity contribution is 5.97. The first-order valence-electron chi connectivity index (χ1n) is 6.40. The summed E-state index contributed by atoms with van der Waals surface area (Å²) in [5, 5.41) is 9.23. The summed E-state index contributed by atoms with van der Waals surface area (Å²) in [4.78, 5) is 23.8. The van der Waals surface area contributed by atoms with Crippen molar-refractivity contribution in [3.8, 4) is 5.75 Å². The van der Waals surface area contributed by atoms with Gasteiger partial charge in [0.05, 0.1) is 7.11 Å². The van der Waals surface area contributed by atoms with Crippen LogP contribution in [0.3, 0.4) is 0 Å². The van der Waals surface area contributed by atoms with Gasteiger partial charge in [0.2, 0.25) is 5.76 Å². The fourth-order valence-corrected chi connectivity index (χ4v) is 1.92. The minimum atomic E-state index is -1.76. The third-order valence-corrected chi connectivity index (χ3v) is 3.13. The molecule has 0 radical (unpaired) electrons. The summed E-state index contributed by atoms with van der Waals surface area (Å²) in [5.41, 5.74) is 0.629. The van der Waals surface area contributed by atoms with Gasteiger partial charge in [-0.25, -0.2) is 9.59 Å². The smallest absolute Gasteiger partial charge is 0.392 e. The van der Waals surface area contributed by atoms with Crippen LogP contribution in [0.1, 0.15) is 19.4 Å². The van der Waals surface area contributed by atoms with Gasteiger partial charge in [-0.15, -0.1) is 0 Å². The fourth-order valence-electron chi connectivity index (χ4n) is 1.92. The van der Waals surface area contributed by atoms with Gasteiger partial charge in [-0.05, 0) is 23.8 Å². The molecule has 1 heterocycles. The Bertz CT molecular complexity index is 587. The molecule has 6 nitrogen and oxygen atoms in total. The second-order valence-corrected chi connectivity index (χ2v) is 4.91. The number of cyclic esters (lactones) is 1. The average molecular weight is 292 g/mol.